The molecule has 1 aromatic carbocycles. The molecule has 2 aromatic rings. The van der Waals surface area contributed by atoms with Crippen LogP contribution in [-0.2, 0) is 21.6 Å². The van der Waals surface area contributed by atoms with Gasteiger partial charge in [0.05, 0.1) is 5.75 Å². The Morgan fingerprint density at radius 2 is 1.91 bits per heavy atom. The van der Waals surface area contributed by atoms with E-state index in [1.807, 2.05) is 24.3 Å². The number of benzene rings is 1. The maximum atomic E-state index is 10.8. The average Bonchev–Trinajstić information content (AvgIpc) is 2.50. The Balaban J connectivity index is 2.27. The largest absolute Gasteiger partial charge is 0.772 e. The molecule has 0 spiro atoms. The lowest BCUT2D eigenvalue weighted by atomic mass is 10.0. The van der Waals surface area contributed by atoms with E-state index in [0.717, 1.165) is 5.69 Å². The molecule has 0 aliphatic rings. The second-order valence-corrected chi connectivity index (χ2v) is 5.93. The zero-order chi connectivity index (χ0) is 16.8. The molecular formula is C14H16N5O3S-. The van der Waals surface area contributed by atoms with Gasteiger partial charge < -0.3 is 15.2 Å². The van der Waals surface area contributed by atoms with Crippen LogP contribution in [0.3, 0.4) is 0 Å². The maximum Gasteiger partial charge on any atom is 0.212 e. The summed E-state index contributed by atoms with van der Waals surface area (Å²) in [6.07, 6.45) is 0.449. The van der Waals surface area contributed by atoms with Gasteiger partial charge in [-0.2, -0.15) is 0 Å². The normalized spacial score (nSPS) is 12.0. The summed E-state index contributed by atoms with van der Waals surface area (Å²) in [5.41, 5.74) is 1.92. The fraction of sp³-hybridized carbons (Fsp3) is 0.286. The third kappa shape index (κ3) is 4.80. The summed E-state index contributed by atoms with van der Waals surface area (Å²) in [6, 6.07) is 7.69. The van der Waals surface area contributed by atoms with Crippen molar-refractivity contribution >= 4 is 34.8 Å². The summed E-state index contributed by atoms with van der Waals surface area (Å²) >= 11 is -2.32. The molecule has 23 heavy (non-hydrogen) atoms. The summed E-state index contributed by atoms with van der Waals surface area (Å²) in [5.74, 6) is 0.444. The van der Waals surface area contributed by atoms with Gasteiger partial charge in [0.25, 0.3) is 0 Å². The SMILES string of the molecule is CC(C)c1ccc(Nc2nc(CS(=O)[O-])nnc2NC=O)cc1. The minimum absolute atomic E-state index is 0.0380. The first-order valence-corrected chi connectivity index (χ1v) is 8.10. The van der Waals surface area contributed by atoms with Crippen LogP contribution in [0, 0.1) is 0 Å². The molecule has 9 heteroatoms. The minimum atomic E-state index is -2.32. The lowest BCUT2D eigenvalue weighted by molar-refractivity contribution is -0.105. The van der Waals surface area contributed by atoms with Crippen LogP contribution in [0.15, 0.2) is 24.3 Å². The maximum absolute atomic E-state index is 10.8. The minimum Gasteiger partial charge on any atom is -0.772 e. The van der Waals surface area contributed by atoms with Crippen molar-refractivity contribution in [3.05, 3.63) is 35.7 Å². The summed E-state index contributed by atoms with van der Waals surface area (Å²) < 4.78 is 21.5. The van der Waals surface area contributed by atoms with Crippen LogP contribution in [0.4, 0.5) is 17.3 Å². The van der Waals surface area contributed by atoms with Crippen LogP contribution >= 0.6 is 0 Å². The molecule has 8 nitrogen and oxygen atoms in total. The van der Waals surface area contributed by atoms with Gasteiger partial charge in [0, 0.05) is 5.69 Å². The zero-order valence-electron chi connectivity index (χ0n) is 12.6. The molecule has 1 unspecified atom stereocenters. The van der Waals surface area contributed by atoms with E-state index < -0.39 is 11.1 Å². The van der Waals surface area contributed by atoms with Crippen LogP contribution < -0.4 is 10.6 Å². The molecule has 1 aromatic heterocycles. The Kier molecular flexibility index (Phi) is 5.72. The molecule has 1 amide bonds. The molecule has 0 radical (unpaired) electrons. The Labute approximate surface area is 136 Å². The topological polar surface area (TPSA) is 120 Å². The third-order valence-electron chi connectivity index (χ3n) is 3.01. The Morgan fingerprint density at radius 1 is 1.22 bits per heavy atom. The number of hydrogen-bond acceptors (Lipinski definition) is 7. The van der Waals surface area contributed by atoms with E-state index in [0.29, 0.717) is 12.3 Å². The van der Waals surface area contributed by atoms with E-state index in [4.69, 9.17) is 0 Å². The molecule has 2 N–H and O–H groups in total. The number of nitrogens with one attached hydrogen (secondary N) is 2. The van der Waals surface area contributed by atoms with E-state index in [1.54, 1.807) is 0 Å². The van der Waals surface area contributed by atoms with Crippen molar-refractivity contribution in [3.8, 4) is 0 Å². The molecule has 0 saturated heterocycles. The number of amides is 1. The molecule has 1 atom stereocenters. The number of carbonyl (C=O) groups excluding carboxylic acids is 1. The number of hydrogen-bond donors (Lipinski definition) is 2. The third-order valence-corrected chi connectivity index (χ3v) is 3.51. The first kappa shape index (κ1) is 17.0. The molecule has 0 saturated carbocycles. The second-order valence-electron chi connectivity index (χ2n) is 5.04. The van der Waals surface area contributed by atoms with Gasteiger partial charge in [-0.1, -0.05) is 26.0 Å². The quantitative estimate of drug-likeness (QED) is 0.584. The standard InChI is InChI=1S/C14H17N5O3S/c1-9(2)10-3-5-11(6-4-10)16-14-13(15-8-20)19-18-12(17-14)7-23(21)22/h3-6,8-9H,7H2,1-2H3,(H,21,22)(H,15,19,20)(H,16,17,18)/p-1. The molecule has 0 aliphatic carbocycles. The van der Waals surface area contributed by atoms with Crippen molar-refractivity contribution in [1.82, 2.24) is 15.2 Å². The van der Waals surface area contributed by atoms with Crippen LogP contribution in [0.5, 0.6) is 0 Å². The van der Waals surface area contributed by atoms with Crippen LogP contribution in [0.2, 0.25) is 0 Å². The van der Waals surface area contributed by atoms with Crippen molar-refractivity contribution < 1.29 is 13.6 Å². The van der Waals surface area contributed by atoms with Crippen molar-refractivity contribution in [2.45, 2.75) is 25.5 Å². The lowest BCUT2D eigenvalue weighted by Gasteiger charge is -2.12. The van der Waals surface area contributed by atoms with Crippen LogP contribution in [0.25, 0.3) is 0 Å². The Hall–Kier alpha value is -2.39. The summed E-state index contributed by atoms with van der Waals surface area (Å²) in [5, 5.41) is 12.8. The smallest absolute Gasteiger partial charge is 0.212 e. The highest BCUT2D eigenvalue weighted by atomic mass is 32.2. The second kappa shape index (κ2) is 7.75. The van der Waals surface area contributed by atoms with Gasteiger partial charge in [0.1, 0.15) is 0 Å². The molecule has 0 fully saturated rings. The van der Waals surface area contributed by atoms with E-state index in [2.05, 4.69) is 39.7 Å². The van der Waals surface area contributed by atoms with Gasteiger partial charge in [0.15, 0.2) is 17.5 Å². The highest BCUT2D eigenvalue weighted by molar-refractivity contribution is 7.78. The van der Waals surface area contributed by atoms with Crippen LogP contribution in [-0.4, -0.2) is 30.4 Å². The molecule has 0 aliphatic heterocycles. The van der Waals surface area contributed by atoms with Crippen molar-refractivity contribution in [3.63, 3.8) is 0 Å². The fourth-order valence-corrected chi connectivity index (χ4v) is 2.19. The number of rotatable bonds is 7. The first-order chi connectivity index (χ1) is 11.0. The highest BCUT2D eigenvalue weighted by Gasteiger charge is 2.10. The zero-order valence-corrected chi connectivity index (χ0v) is 13.5. The molecular weight excluding hydrogens is 318 g/mol. The predicted octanol–water partition coefficient (Wildman–Crippen LogP) is 1.69. The average molecular weight is 334 g/mol. The molecule has 0 bridgehead atoms. The van der Waals surface area contributed by atoms with Gasteiger partial charge in [-0.3, -0.25) is 9.00 Å². The van der Waals surface area contributed by atoms with Crippen molar-refractivity contribution in [1.29, 1.82) is 0 Å². The van der Waals surface area contributed by atoms with E-state index in [9.17, 15) is 13.6 Å². The summed E-state index contributed by atoms with van der Waals surface area (Å²) in [6.45, 7) is 4.19. The van der Waals surface area contributed by atoms with E-state index in [-0.39, 0.29) is 23.2 Å². The van der Waals surface area contributed by atoms with E-state index in [1.165, 1.54) is 5.56 Å². The predicted molar refractivity (Wildman–Crippen MR) is 86.0 cm³/mol. The molecule has 1 heterocycles. The highest BCUT2D eigenvalue weighted by Crippen LogP contribution is 2.23. The van der Waals surface area contributed by atoms with Crippen molar-refractivity contribution in [2.75, 3.05) is 10.6 Å². The van der Waals surface area contributed by atoms with Crippen molar-refractivity contribution in [2.24, 2.45) is 0 Å². The number of nitrogens with zero attached hydrogens (tertiary/aromatic N) is 3. The molecule has 122 valence electrons. The monoisotopic (exact) mass is 334 g/mol. The summed E-state index contributed by atoms with van der Waals surface area (Å²) in [4.78, 5) is 14.7. The Bertz CT molecular complexity index is 706. The van der Waals surface area contributed by atoms with Gasteiger partial charge in [-0.25, -0.2) is 4.98 Å². The van der Waals surface area contributed by atoms with E-state index >= 15 is 0 Å². The first-order valence-electron chi connectivity index (χ1n) is 6.86. The van der Waals surface area contributed by atoms with Gasteiger partial charge in [-0.15, -0.1) is 10.2 Å². The number of carbonyl (C=O) groups is 1. The fourth-order valence-electron chi connectivity index (χ4n) is 1.85. The van der Waals surface area contributed by atoms with Crippen LogP contribution in [0.1, 0.15) is 31.2 Å². The summed E-state index contributed by atoms with van der Waals surface area (Å²) in [7, 11) is 0. The number of anilines is 3. The molecule has 2 rings (SSSR count). The van der Waals surface area contributed by atoms with Gasteiger partial charge in [-0.05, 0) is 34.7 Å². The van der Waals surface area contributed by atoms with Gasteiger partial charge >= 0.3 is 0 Å². The number of aromatic nitrogens is 3. The lowest BCUT2D eigenvalue weighted by Crippen LogP contribution is -2.10. The van der Waals surface area contributed by atoms with Gasteiger partial charge in [0.2, 0.25) is 6.41 Å². The Morgan fingerprint density at radius 3 is 2.48 bits per heavy atom.